The van der Waals surface area contributed by atoms with Gasteiger partial charge in [0.05, 0.1) is 13.2 Å². The Bertz CT molecular complexity index is 1470. The van der Waals surface area contributed by atoms with E-state index in [1.807, 2.05) is 73.6 Å². The number of hydrogen-bond donors (Lipinski definition) is 0. The Balaban J connectivity index is 0.000000226. The van der Waals surface area contributed by atoms with Gasteiger partial charge in [-0.25, -0.2) is 0 Å². The van der Waals surface area contributed by atoms with Crippen molar-refractivity contribution in [3.05, 3.63) is 155 Å². The van der Waals surface area contributed by atoms with E-state index in [9.17, 15) is 0 Å². The Morgan fingerprint density at radius 1 is 0.308 bits per heavy atom. The summed E-state index contributed by atoms with van der Waals surface area (Å²) in [6.45, 7) is 17.8. The molecule has 0 saturated heterocycles. The average molecular weight is 701 g/mol. The Morgan fingerprint density at radius 2 is 0.615 bits per heavy atom. The first kappa shape index (κ1) is 43.9. The maximum absolute atomic E-state index is 5.55. The molecule has 2 heterocycles. The molecule has 280 valence electrons. The first-order chi connectivity index (χ1) is 25.8. The molecule has 0 unspecified atom stereocenters. The second-order valence-electron chi connectivity index (χ2n) is 11.9. The first-order valence-electron chi connectivity index (χ1n) is 20.5. The molecule has 2 nitrogen and oxygen atoms in total. The molecule has 52 heavy (non-hydrogen) atoms. The van der Waals surface area contributed by atoms with Gasteiger partial charge in [-0.3, -0.25) is 0 Å². The monoisotopic (exact) mass is 701 g/mol. The summed E-state index contributed by atoms with van der Waals surface area (Å²) in [5.41, 5.74) is 11.6. The summed E-state index contributed by atoms with van der Waals surface area (Å²) in [5, 5.41) is 0. The van der Waals surface area contributed by atoms with Gasteiger partial charge in [0.25, 0.3) is 0 Å². The van der Waals surface area contributed by atoms with Crippen LogP contribution >= 0.6 is 0 Å². The second-order valence-corrected chi connectivity index (χ2v) is 11.9. The molecule has 0 N–H and O–H groups in total. The van der Waals surface area contributed by atoms with E-state index in [4.69, 9.17) is 9.47 Å². The molecular formula is C50H68O2. The average Bonchev–Trinajstić information content (AvgIpc) is 3.46. The molecule has 0 amide bonds. The lowest BCUT2D eigenvalue weighted by Gasteiger charge is -2.15. The van der Waals surface area contributed by atoms with Gasteiger partial charge in [-0.2, -0.15) is 0 Å². The predicted octanol–water partition coefficient (Wildman–Crippen LogP) is 14.3. The molecule has 2 aliphatic carbocycles. The zero-order valence-electron chi connectivity index (χ0n) is 33.8. The summed E-state index contributed by atoms with van der Waals surface area (Å²) in [6, 6.07) is 42.7. The Labute approximate surface area is 318 Å². The minimum Gasteiger partial charge on any atom is -0.493 e. The van der Waals surface area contributed by atoms with Gasteiger partial charge in [-0.1, -0.05) is 165 Å². The molecular weight excluding hydrogens is 633 g/mol. The summed E-state index contributed by atoms with van der Waals surface area (Å²) in [6.07, 6.45) is 12.4. The van der Waals surface area contributed by atoms with Crippen LogP contribution in [0.4, 0.5) is 0 Å². The van der Waals surface area contributed by atoms with Gasteiger partial charge in [0, 0.05) is 0 Å². The van der Waals surface area contributed by atoms with Crippen molar-refractivity contribution >= 4 is 0 Å². The molecule has 2 heteroatoms. The van der Waals surface area contributed by atoms with Crippen LogP contribution in [0, 0.1) is 0 Å². The van der Waals surface area contributed by atoms with E-state index < -0.39 is 0 Å². The fourth-order valence-corrected chi connectivity index (χ4v) is 6.50. The lowest BCUT2D eigenvalue weighted by Crippen LogP contribution is -2.07. The standard InChI is InChI=1S/C13H10.C10H12O.C10H12.C9H10O.4C2H6/c1-3-7-12-10(5-1)9-11-6-2-4-8-13(11)12;1-2-7-10-9(5-1)6-3-4-8-11-10;1-2-6-10-8-4-3-7-9(10)5-1;1-2-6-9-8(4-1)5-3-7-10-9;4*1-2/h1-8H,9H2;1-2,5,7H,3-4,6,8H2;1-2,5-6H,3-4,7-8H2;1-2,4,6H,3,5,7H2;4*1-2H3. The minimum absolute atomic E-state index is 0.886. The highest BCUT2D eigenvalue weighted by molar-refractivity contribution is 5.76. The molecule has 0 fully saturated rings. The fraction of sp³-hybridized carbons (Fsp3) is 0.400. The largest absolute Gasteiger partial charge is 0.493 e. The van der Waals surface area contributed by atoms with Crippen LogP contribution in [0.25, 0.3) is 11.1 Å². The summed E-state index contributed by atoms with van der Waals surface area (Å²) in [5.74, 6) is 2.17. The molecule has 9 rings (SSSR count). The lowest BCUT2D eigenvalue weighted by molar-refractivity contribution is 0.288. The predicted molar refractivity (Wildman–Crippen MR) is 228 cm³/mol. The zero-order valence-corrected chi connectivity index (χ0v) is 33.8. The molecule has 0 spiro atoms. The highest BCUT2D eigenvalue weighted by atomic mass is 16.5. The minimum atomic E-state index is 0.886. The van der Waals surface area contributed by atoms with Crippen LogP contribution in [0.3, 0.4) is 0 Å². The Morgan fingerprint density at radius 3 is 1.08 bits per heavy atom. The third-order valence-electron chi connectivity index (χ3n) is 8.86. The summed E-state index contributed by atoms with van der Waals surface area (Å²) in [7, 11) is 0. The van der Waals surface area contributed by atoms with Gasteiger partial charge in [0.2, 0.25) is 0 Å². The molecule has 0 saturated carbocycles. The highest BCUT2D eigenvalue weighted by Crippen LogP contribution is 2.35. The van der Waals surface area contributed by atoms with Gasteiger partial charge < -0.3 is 9.47 Å². The Hall–Kier alpha value is -4.30. The van der Waals surface area contributed by atoms with Crippen LogP contribution in [-0.4, -0.2) is 13.2 Å². The smallest absolute Gasteiger partial charge is 0.122 e. The molecule has 0 bridgehead atoms. The van der Waals surface area contributed by atoms with Gasteiger partial charge in [-0.15, -0.1) is 0 Å². The molecule has 4 aliphatic rings. The van der Waals surface area contributed by atoms with E-state index in [-0.39, 0.29) is 0 Å². The van der Waals surface area contributed by atoms with Crippen molar-refractivity contribution < 1.29 is 9.47 Å². The van der Waals surface area contributed by atoms with Gasteiger partial charge in [0.1, 0.15) is 11.5 Å². The maximum atomic E-state index is 5.55. The van der Waals surface area contributed by atoms with Crippen molar-refractivity contribution in [1.82, 2.24) is 0 Å². The molecule has 0 aromatic heterocycles. The number of ether oxygens (including phenoxy) is 2. The van der Waals surface area contributed by atoms with E-state index in [2.05, 4.69) is 103 Å². The van der Waals surface area contributed by atoms with Crippen LogP contribution in [0.1, 0.15) is 121 Å². The maximum Gasteiger partial charge on any atom is 0.122 e. The first-order valence-corrected chi connectivity index (χ1v) is 20.5. The number of fused-ring (bicyclic) bond motifs is 6. The second kappa shape index (κ2) is 27.4. The van der Waals surface area contributed by atoms with Crippen molar-refractivity contribution in [3.8, 4) is 22.6 Å². The third-order valence-corrected chi connectivity index (χ3v) is 8.86. The SMILES string of the molecule is CC.CC.CC.CC.c1ccc2c(c1)CCCC2.c1ccc2c(c1)CCCCO2.c1ccc2c(c1)CCCO2.c1ccc2c(c1)Cc1ccccc1-2. The van der Waals surface area contributed by atoms with Crippen molar-refractivity contribution in [1.29, 1.82) is 0 Å². The summed E-state index contributed by atoms with van der Waals surface area (Å²) < 4.78 is 11.0. The topological polar surface area (TPSA) is 18.5 Å². The fourth-order valence-electron chi connectivity index (χ4n) is 6.50. The van der Waals surface area contributed by atoms with E-state index in [0.29, 0.717) is 0 Å². The van der Waals surface area contributed by atoms with Crippen molar-refractivity contribution in [2.75, 3.05) is 13.2 Å². The lowest BCUT2D eigenvalue weighted by atomic mass is 9.92. The summed E-state index contributed by atoms with van der Waals surface area (Å²) >= 11 is 0. The van der Waals surface area contributed by atoms with Crippen LogP contribution in [0.2, 0.25) is 0 Å². The zero-order chi connectivity index (χ0) is 37.8. The van der Waals surface area contributed by atoms with Crippen LogP contribution in [0.15, 0.2) is 121 Å². The number of benzene rings is 5. The molecule has 5 aromatic rings. The van der Waals surface area contributed by atoms with E-state index in [1.54, 1.807) is 11.1 Å². The van der Waals surface area contributed by atoms with Gasteiger partial charge in [0.15, 0.2) is 0 Å². The van der Waals surface area contributed by atoms with Crippen molar-refractivity contribution in [3.63, 3.8) is 0 Å². The molecule has 0 atom stereocenters. The number of para-hydroxylation sites is 2. The third kappa shape index (κ3) is 14.0. The van der Waals surface area contributed by atoms with E-state index >= 15 is 0 Å². The quantitative estimate of drug-likeness (QED) is 0.157. The number of rotatable bonds is 0. The van der Waals surface area contributed by atoms with Crippen molar-refractivity contribution in [2.24, 2.45) is 0 Å². The number of hydrogen-bond acceptors (Lipinski definition) is 2. The number of aryl methyl sites for hydroxylation is 4. The molecule has 2 aliphatic heterocycles. The van der Waals surface area contributed by atoms with Crippen LogP contribution < -0.4 is 9.47 Å². The summed E-state index contributed by atoms with van der Waals surface area (Å²) in [4.78, 5) is 0. The normalized spacial score (nSPS) is 13.2. The van der Waals surface area contributed by atoms with E-state index in [0.717, 1.165) is 37.6 Å². The van der Waals surface area contributed by atoms with Gasteiger partial charge >= 0.3 is 0 Å². The molecule has 0 radical (unpaired) electrons. The Kier molecular flexibility index (Phi) is 23.1. The van der Waals surface area contributed by atoms with Crippen molar-refractivity contribution in [2.45, 2.75) is 120 Å². The van der Waals surface area contributed by atoms with Crippen LogP contribution in [0.5, 0.6) is 11.5 Å². The van der Waals surface area contributed by atoms with Gasteiger partial charge in [-0.05, 0) is 121 Å². The molecule has 5 aromatic carbocycles. The highest BCUT2D eigenvalue weighted by Gasteiger charge is 2.16. The van der Waals surface area contributed by atoms with E-state index in [1.165, 1.54) is 84.7 Å². The van der Waals surface area contributed by atoms with Crippen LogP contribution in [-0.2, 0) is 32.1 Å².